The first-order chi connectivity index (χ1) is 12.3. The normalized spacial score (nSPS) is 13.4. The summed E-state index contributed by atoms with van der Waals surface area (Å²) >= 11 is 13.2. The van der Waals surface area contributed by atoms with Crippen LogP contribution in [0.2, 0.25) is 10.0 Å². The fourth-order valence-electron chi connectivity index (χ4n) is 2.27. The van der Waals surface area contributed by atoms with Crippen LogP contribution in [-0.2, 0) is 4.57 Å². The topological polar surface area (TPSA) is 57.6 Å². The fraction of sp³-hybridized carbons (Fsp3) is 0.316. The highest BCUT2D eigenvalue weighted by atomic mass is 35.5. The van der Waals surface area contributed by atoms with Crippen LogP contribution < -0.4 is 9.97 Å². The zero-order valence-electron chi connectivity index (χ0n) is 15.6. The largest absolute Gasteiger partial charge is 0.477 e. The number of carboxylic acid groups (broad SMARTS) is 1. The maximum Gasteiger partial charge on any atom is 0.348 e. The molecule has 0 fully saturated rings. The number of thiophene rings is 1. The Balaban J connectivity index is 2.55. The molecule has 144 valence electrons. The Morgan fingerprint density at radius 2 is 1.89 bits per heavy atom. The van der Waals surface area contributed by atoms with Gasteiger partial charge in [0.1, 0.15) is 4.88 Å². The van der Waals surface area contributed by atoms with E-state index in [0.717, 1.165) is 11.3 Å². The molecule has 0 saturated carbocycles. The molecule has 0 aliphatic heterocycles. The second-order valence-corrected chi connectivity index (χ2v) is 11.9. The van der Waals surface area contributed by atoms with Crippen LogP contribution >= 0.6 is 41.8 Å². The summed E-state index contributed by atoms with van der Waals surface area (Å²) in [6.45, 7) is 7.47. The van der Waals surface area contributed by atoms with Crippen molar-refractivity contribution >= 4 is 58.8 Å². The average molecular weight is 444 g/mol. The van der Waals surface area contributed by atoms with Gasteiger partial charge in [0.15, 0.2) is 7.29 Å². The van der Waals surface area contributed by atoms with E-state index in [1.807, 2.05) is 20.8 Å². The van der Waals surface area contributed by atoms with E-state index < -0.39 is 13.3 Å². The Hall–Kier alpha value is -1.44. The summed E-state index contributed by atoms with van der Waals surface area (Å²) < 4.78 is 15.0. The number of rotatable bonds is 4. The van der Waals surface area contributed by atoms with Gasteiger partial charge in [-0.1, -0.05) is 35.0 Å². The number of carbonyl (C=O) groups is 1. The zero-order chi connectivity index (χ0) is 20.6. The number of benzene rings is 1. The van der Waals surface area contributed by atoms with Crippen molar-refractivity contribution in [1.29, 1.82) is 0 Å². The molecular formula is C19H20Cl2NO3PS. The molecule has 0 saturated heterocycles. The van der Waals surface area contributed by atoms with Crippen molar-refractivity contribution < 1.29 is 14.5 Å². The van der Waals surface area contributed by atoms with Gasteiger partial charge in [-0.25, -0.2) is 4.79 Å². The summed E-state index contributed by atoms with van der Waals surface area (Å²) in [6, 6.07) is 6.40. The third-order valence-corrected chi connectivity index (χ3v) is 8.10. The molecule has 1 N–H and O–H groups in total. The summed E-state index contributed by atoms with van der Waals surface area (Å²) in [4.78, 5) is 12.4. The summed E-state index contributed by atoms with van der Waals surface area (Å²) in [5.74, 6) is 5.01. The zero-order valence-corrected chi connectivity index (χ0v) is 18.9. The number of carboxylic acids is 1. The second kappa shape index (κ2) is 7.89. The van der Waals surface area contributed by atoms with E-state index in [4.69, 9.17) is 23.2 Å². The van der Waals surface area contributed by atoms with Gasteiger partial charge >= 0.3 is 5.97 Å². The number of anilines is 1. The minimum atomic E-state index is -3.18. The molecule has 1 unspecified atom stereocenters. The number of nitrogens with zero attached hydrogens (tertiary/aromatic N) is 1. The first-order valence-corrected chi connectivity index (χ1v) is 11.7. The third kappa shape index (κ3) is 5.09. The van der Waals surface area contributed by atoms with Crippen LogP contribution in [0.25, 0.3) is 0 Å². The third-order valence-electron chi connectivity index (χ3n) is 3.75. The van der Waals surface area contributed by atoms with Crippen molar-refractivity contribution in [3.05, 3.63) is 44.1 Å². The van der Waals surface area contributed by atoms with E-state index in [1.165, 1.54) is 10.7 Å². The monoisotopic (exact) mass is 443 g/mol. The van der Waals surface area contributed by atoms with Gasteiger partial charge in [0.05, 0.1) is 15.6 Å². The molecule has 0 aliphatic rings. The average Bonchev–Trinajstić information content (AvgIpc) is 2.95. The predicted molar refractivity (Wildman–Crippen MR) is 116 cm³/mol. The maximum absolute atomic E-state index is 13.5. The molecule has 8 heteroatoms. The molecule has 1 aromatic carbocycles. The highest BCUT2D eigenvalue weighted by molar-refractivity contribution is 7.72. The molecule has 1 aromatic heterocycles. The van der Waals surface area contributed by atoms with Gasteiger partial charge in [-0.2, -0.15) is 0 Å². The molecule has 0 aliphatic carbocycles. The van der Waals surface area contributed by atoms with Crippen LogP contribution in [0.5, 0.6) is 0 Å². The molecule has 1 atom stereocenters. The lowest BCUT2D eigenvalue weighted by atomic mass is 9.98. The molecular weight excluding hydrogens is 424 g/mol. The molecule has 1 heterocycles. The van der Waals surface area contributed by atoms with Crippen molar-refractivity contribution in [1.82, 2.24) is 0 Å². The Labute approximate surface area is 173 Å². The molecule has 0 bridgehead atoms. The van der Waals surface area contributed by atoms with Crippen LogP contribution in [0.15, 0.2) is 24.3 Å². The highest BCUT2D eigenvalue weighted by Crippen LogP contribution is 2.50. The van der Waals surface area contributed by atoms with Gasteiger partial charge in [-0.05, 0) is 45.0 Å². The van der Waals surface area contributed by atoms with Crippen LogP contribution in [0.4, 0.5) is 5.69 Å². The maximum atomic E-state index is 13.5. The highest BCUT2D eigenvalue weighted by Gasteiger charge is 2.31. The molecule has 0 spiro atoms. The SMILES string of the molecule is CN(c1cc(C#CC(C)(C)C)sc1C(=O)O)P(C)(=O)c1ccc(Cl)cc1Cl. The van der Waals surface area contributed by atoms with Crippen molar-refractivity contribution in [2.24, 2.45) is 5.41 Å². The molecule has 27 heavy (non-hydrogen) atoms. The van der Waals surface area contributed by atoms with Gasteiger partial charge < -0.3 is 9.78 Å². The minimum Gasteiger partial charge on any atom is -0.477 e. The van der Waals surface area contributed by atoms with Gasteiger partial charge in [0.2, 0.25) is 0 Å². The van der Waals surface area contributed by atoms with Gasteiger partial charge in [-0.15, -0.1) is 11.3 Å². The van der Waals surface area contributed by atoms with Crippen molar-refractivity contribution in [3.8, 4) is 11.8 Å². The van der Waals surface area contributed by atoms with Crippen molar-refractivity contribution in [2.45, 2.75) is 20.8 Å². The van der Waals surface area contributed by atoms with E-state index >= 15 is 0 Å². The van der Waals surface area contributed by atoms with Crippen LogP contribution in [0.3, 0.4) is 0 Å². The summed E-state index contributed by atoms with van der Waals surface area (Å²) in [5, 5.41) is 10.7. The lowest BCUT2D eigenvalue weighted by Crippen LogP contribution is -2.22. The number of aromatic carboxylic acids is 1. The summed E-state index contributed by atoms with van der Waals surface area (Å²) in [5.41, 5.74) is 0.138. The standard InChI is InChI=1S/C19H20Cl2NO3PS/c1-19(2,3)9-8-13-11-15(17(27-13)18(23)24)22(4)26(5,25)16-7-6-12(20)10-14(16)21/h6-7,10-11H,1-5H3,(H,23,24). The fourth-order valence-corrected chi connectivity index (χ4v) is 5.80. The smallest absolute Gasteiger partial charge is 0.348 e. The lowest BCUT2D eigenvalue weighted by Gasteiger charge is -2.27. The van der Waals surface area contributed by atoms with E-state index in [9.17, 15) is 14.5 Å². The first-order valence-electron chi connectivity index (χ1n) is 8.00. The van der Waals surface area contributed by atoms with Gasteiger partial charge in [-0.3, -0.25) is 4.57 Å². The van der Waals surface area contributed by atoms with Crippen LogP contribution in [-0.4, -0.2) is 24.8 Å². The number of hydrogen-bond acceptors (Lipinski definition) is 3. The lowest BCUT2D eigenvalue weighted by molar-refractivity contribution is 0.0703. The number of hydrogen-bond donors (Lipinski definition) is 1. The Bertz CT molecular complexity index is 999. The Kier molecular flexibility index (Phi) is 6.39. The Morgan fingerprint density at radius 3 is 2.41 bits per heavy atom. The molecule has 0 amide bonds. The van der Waals surface area contributed by atoms with Crippen LogP contribution in [0.1, 0.15) is 35.3 Å². The van der Waals surface area contributed by atoms with Crippen LogP contribution in [0, 0.1) is 17.3 Å². The van der Waals surface area contributed by atoms with E-state index in [2.05, 4.69) is 11.8 Å². The van der Waals surface area contributed by atoms with Crippen molar-refractivity contribution in [3.63, 3.8) is 0 Å². The first kappa shape index (κ1) is 21.9. The van der Waals surface area contributed by atoms with Gasteiger partial charge in [0, 0.05) is 29.5 Å². The van der Waals surface area contributed by atoms with E-state index in [1.54, 1.807) is 31.9 Å². The van der Waals surface area contributed by atoms with E-state index in [-0.39, 0.29) is 15.3 Å². The molecule has 2 aromatic rings. The number of halogens is 2. The van der Waals surface area contributed by atoms with E-state index in [0.29, 0.717) is 20.9 Å². The second-order valence-electron chi connectivity index (χ2n) is 7.13. The molecule has 2 rings (SSSR count). The summed E-state index contributed by atoms with van der Waals surface area (Å²) in [6.07, 6.45) is 0. The quantitative estimate of drug-likeness (QED) is 0.477. The summed E-state index contributed by atoms with van der Waals surface area (Å²) in [7, 11) is -1.58. The molecule has 0 radical (unpaired) electrons. The predicted octanol–water partition coefficient (Wildman–Crippen LogP) is 5.82. The van der Waals surface area contributed by atoms with Crippen molar-refractivity contribution in [2.75, 3.05) is 18.4 Å². The van der Waals surface area contributed by atoms with Gasteiger partial charge in [0.25, 0.3) is 0 Å². The minimum absolute atomic E-state index is 0.0860. The Morgan fingerprint density at radius 1 is 1.26 bits per heavy atom. The molecule has 4 nitrogen and oxygen atoms in total.